The van der Waals surface area contributed by atoms with Crippen molar-refractivity contribution in [2.75, 3.05) is 32.8 Å². The van der Waals surface area contributed by atoms with Gasteiger partial charge >= 0.3 is 0 Å². The second-order valence-corrected chi connectivity index (χ2v) is 7.31. The summed E-state index contributed by atoms with van der Waals surface area (Å²) in [5, 5.41) is 9.99. The van der Waals surface area contributed by atoms with Crippen molar-refractivity contribution in [2.24, 2.45) is 4.99 Å². The third-order valence-electron chi connectivity index (χ3n) is 3.22. The van der Waals surface area contributed by atoms with E-state index in [9.17, 15) is 0 Å². The molecule has 0 unspecified atom stereocenters. The Morgan fingerprint density at radius 2 is 2.09 bits per heavy atom. The van der Waals surface area contributed by atoms with Gasteiger partial charge in [0.05, 0.1) is 10.7 Å². The zero-order valence-electron chi connectivity index (χ0n) is 15.2. The molecule has 1 heterocycles. The molecule has 1 aromatic rings. The fourth-order valence-electron chi connectivity index (χ4n) is 1.90. The highest BCUT2D eigenvalue weighted by molar-refractivity contribution is 7.09. The number of aromatic nitrogens is 1. The standard InChI is InChI=1S/C17H32N4OS/c1-6-18-16(19-10-8-12-22-7-2)20-11-9-15-21-14(13-23-15)17(3,4)5/h13H,6-12H2,1-5H3,(H2,18,19,20). The summed E-state index contributed by atoms with van der Waals surface area (Å²) in [5.41, 5.74) is 1.30. The number of thiazole rings is 1. The molecular formula is C17H32N4OS. The van der Waals surface area contributed by atoms with Crippen LogP contribution in [0.25, 0.3) is 0 Å². The van der Waals surface area contributed by atoms with E-state index in [1.165, 1.54) is 10.7 Å². The van der Waals surface area contributed by atoms with E-state index in [2.05, 4.69) is 48.7 Å². The van der Waals surface area contributed by atoms with E-state index in [0.717, 1.165) is 51.6 Å². The van der Waals surface area contributed by atoms with Crippen LogP contribution in [0.3, 0.4) is 0 Å². The minimum Gasteiger partial charge on any atom is -0.382 e. The number of rotatable bonds is 9. The second kappa shape index (κ2) is 10.6. The second-order valence-electron chi connectivity index (χ2n) is 6.36. The van der Waals surface area contributed by atoms with Crippen LogP contribution in [0.2, 0.25) is 0 Å². The maximum absolute atomic E-state index is 5.33. The number of guanidine groups is 1. The van der Waals surface area contributed by atoms with E-state index in [-0.39, 0.29) is 5.41 Å². The minimum absolute atomic E-state index is 0.124. The zero-order chi connectivity index (χ0) is 17.1. The summed E-state index contributed by atoms with van der Waals surface area (Å²) in [4.78, 5) is 9.28. The van der Waals surface area contributed by atoms with Crippen molar-refractivity contribution >= 4 is 17.3 Å². The monoisotopic (exact) mass is 340 g/mol. The first kappa shape index (κ1) is 19.9. The van der Waals surface area contributed by atoms with Crippen LogP contribution in [0.15, 0.2) is 10.4 Å². The molecule has 132 valence electrons. The first-order valence-electron chi connectivity index (χ1n) is 8.52. The van der Waals surface area contributed by atoms with Gasteiger partial charge in [-0.25, -0.2) is 4.98 Å². The Balaban J connectivity index is 2.37. The van der Waals surface area contributed by atoms with Crippen molar-refractivity contribution in [1.29, 1.82) is 0 Å². The lowest BCUT2D eigenvalue weighted by atomic mass is 9.93. The molecule has 1 aromatic heterocycles. The van der Waals surface area contributed by atoms with E-state index in [1.54, 1.807) is 11.3 Å². The van der Waals surface area contributed by atoms with Crippen molar-refractivity contribution < 1.29 is 4.74 Å². The van der Waals surface area contributed by atoms with Crippen LogP contribution in [0.1, 0.15) is 51.7 Å². The molecule has 2 N–H and O–H groups in total. The lowest BCUT2D eigenvalue weighted by Crippen LogP contribution is -2.38. The van der Waals surface area contributed by atoms with Crippen molar-refractivity contribution in [3.63, 3.8) is 0 Å². The molecule has 0 saturated heterocycles. The molecule has 0 aliphatic rings. The zero-order valence-corrected chi connectivity index (χ0v) is 16.1. The van der Waals surface area contributed by atoms with Crippen molar-refractivity contribution in [3.05, 3.63) is 16.1 Å². The van der Waals surface area contributed by atoms with Crippen LogP contribution in [0.4, 0.5) is 0 Å². The molecule has 0 aliphatic heterocycles. The molecule has 0 radical (unpaired) electrons. The summed E-state index contributed by atoms with van der Waals surface area (Å²) in [6, 6.07) is 0. The normalized spacial score (nSPS) is 12.5. The van der Waals surface area contributed by atoms with E-state index < -0.39 is 0 Å². The van der Waals surface area contributed by atoms with Gasteiger partial charge in [-0.1, -0.05) is 20.8 Å². The van der Waals surface area contributed by atoms with E-state index in [4.69, 9.17) is 9.72 Å². The fourth-order valence-corrected chi connectivity index (χ4v) is 2.93. The van der Waals surface area contributed by atoms with Gasteiger partial charge in [0.2, 0.25) is 0 Å². The van der Waals surface area contributed by atoms with Gasteiger partial charge in [-0.05, 0) is 20.3 Å². The number of nitrogens with zero attached hydrogens (tertiary/aromatic N) is 2. The van der Waals surface area contributed by atoms with Gasteiger partial charge in [0, 0.05) is 50.1 Å². The molecule has 0 spiro atoms. The molecule has 0 amide bonds. The fraction of sp³-hybridized carbons (Fsp3) is 0.765. The Bertz CT molecular complexity index is 465. The number of aliphatic imine (C=N–C) groups is 1. The molecule has 0 fully saturated rings. The van der Waals surface area contributed by atoms with Gasteiger partial charge in [-0.2, -0.15) is 0 Å². The summed E-state index contributed by atoms with van der Waals surface area (Å²) < 4.78 is 5.33. The van der Waals surface area contributed by atoms with Gasteiger partial charge in [-0.3, -0.25) is 4.99 Å². The molecule has 0 bridgehead atoms. The third-order valence-corrected chi connectivity index (χ3v) is 4.13. The lowest BCUT2D eigenvalue weighted by Gasteiger charge is -2.14. The van der Waals surface area contributed by atoms with Gasteiger partial charge in [0.25, 0.3) is 0 Å². The Labute approximate surface area is 145 Å². The number of nitrogens with one attached hydrogen (secondary N) is 2. The molecule has 23 heavy (non-hydrogen) atoms. The average molecular weight is 341 g/mol. The van der Waals surface area contributed by atoms with E-state index >= 15 is 0 Å². The molecule has 0 atom stereocenters. The first-order chi connectivity index (χ1) is 11.0. The van der Waals surface area contributed by atoms with E-state index in [0.29, 0.717) is 0 Å². The predicted octanol–water partition coefficient (Wildman–Crippen LogP) is 2.96. The maximum atomic E-state index is 5.33. The highest BCUT2D eigenvalue weighted by Crippen LogP contribution is 2.23. The van der Waals surface area contributed by atoms with Crippen molar-refractivity contribution in [2.45, 2.75) is 52.9 Å². The van der Waals surface area contributed by atoms with Crippen LogP contribution >= 0.6 is 11.3 Å². The van der Waals surface area contributed by atoms with Crippen molar-refractivity contribution in [1.82, 2.24) is 15.6 Å². The third kappa shape index (κ3) is 8.32. The van der Waals surface area contributed by atoms with Gasteiger partial charge in [-0.15, -0.1) is 11.3 Å². The Morgan fingerprint density at radius 3 is 2.70 bits per heavy atom. The number of hydrogen-bond acceptors (Lipinski definition) is 4. The summed E-state index contributed by atoms with van der Waals surface area (Å²) in [6.07, 6.45) is 1.87. The van der Waals surface area contributed by atoms with Crippen LogP contribution < -0.4 is 10.6 Å². The molecule has 0 aliphatic carbocycles. The molecule has 5 nitrogen and oxygen atoms in total. The molecular weight excluding hydrogens is 308 g/mol. The predicted molar refractivity (Wildman–Crippen MR) is 99.6 cm³/mol. The largest absolute Gasteiger partial charge is 0.382 e. The van der Waals surface area contributed by atoms with Crippen LogP contribution in [-0.4, -0.2) is 43.8 Å². The highest BCUT2D eigenvalue weighted by atomic mass is 32.1. The van der Waals surface area contributed by atoms with Crippen LogP contribution in [0, 0.1) is 0 Å². The number of hydrogen-bond donors (Lipinski definition) is 2. The SMILES string of the molecule is CCNC(=NCCCOCC)NCCc1nc(C(C)(C)C)cs1. The Hall–Kier alpha value is -1.14. The quantitative estimate of drug-likeness (QED) is 0.412. The number of ether oxygens (including phenoxy) is 1. The summed E-state index contributed by atoms with van der Waals surface area (Å²) in [7, 11) is 0. The van der Waals surface area contributed by atoms with Crippen molar-refractivity contribution in [3.8, 4) is 0 Å². The molecule has 6 heteroatoms. The summed E-state index contributed by atoms with van der Waals surface area (Å²) >= 11 is 1.74. The first-order valence-corrected chi connectivity index (χ1v) is 9.40. The van der Waals surface area contributed by atoms with Gasteiger partial charge in [0.15, 0.2) is 5.96 Å². The summed E-state index contributed by atoms with van der Waals surface area (Å²) in [5.74, 6) is 0.872. The minimum atomic E-state index is 0.124. The average Bonchev–Trinajstić information content (AvgIpc) is 2.96. The van der Waals surface area contributed by atoms with Gasteiger partial charge in [0.1, 0.15) is 0 Å². The Morgan fingerprint density at radius 1 is 1.30 bits per heavy atom. The lowest BCUT2D eigenvalue weighted by molar-refractivity contribution is 0.146. The summed E-state index contributed by atoms with van der Waals surface area (Å²) in [6.45, 7) is 14.7. The highest BCUT2D eigenvalue weighted by Gasteiger charge is 2.17. The van der Waals surface area contributed by atoms with Crippen LogP contribution in [-0.2, 0) is 16.6 Å². The van der Waals surface area contributed by atoms with Crippen LogP contribution in [0.5, 0.6) is 0 Å². The van der Waals surface area contributed by atoms with Gasteiger partial charge < -0.3 is 15.4 Å². The smallest absolute Gasteiger partial charge is 0.191 e. The van der Waals surface area contributed by atoms with E-state index in [1.807, 2.05) is 6.92 Å². The maximum Gasteiger partial charge on any atom is 0.191 e. The topological polar surface area (TPSA) is 58.5 Å². The molecule has 0 aromatic carbocycles. The molecule has 1 rings (SSSR count). The molecule has 0 saturated carbocycles. The Kier molecular flexibility index (Phi) is 9.17.